The molecule has 12 heteroatoms. The fourth-order valence-electron chi connectivity index (χ4n) is 2.85. The second-order valence-corrected chi connectivity index (χ2v) is 7.81. The summed E-state index contributed by atoms with van der Waals surface area (Å²) in [6.07, 6.45) is 0. The summed E-state index contributed by atoms with van der Waals surface area (Å²) in [6, 6.07) is 6.89. The first-order valence-electron chi connectivity index (χ1n) is 9.61. The Morgan fingerprint density at radius 1 is 1.16 bits per heavy atom. The van der Waals surface area contributed by atoms with Crippen LogP contribution in [0.25, 0.3) is 0 Å². The van der Waals surface area contributed by atoms with Gasteiger partial charge in [-0.15, -0.1) is 0 Å². The molecule has 0 atom stereocenters. The first-order chi connectivity index (χ1) is 14.8. The van der Waals surface area contributed by atoms with E-state index in [1.54, 1.807) is 0 Å². The van der Waals surface area contributed by atoms with E-state index >= 15 is 0 Å². The number of urea groups is 1. The van der Waals surface area contributed by atoms with Crippen molar-refractivity contribution in [1.82, 2.24) is 15.3 Å². The zero-order chi connectivity index (χ0) is 22.3. The SMILES string of the molecule is Cc1cc(N2CCOCC2)nc(NCCNC(=O)Nc2ccc(SC(F)(F)F)cc2)n1. The molecular weight excluding hydrogens is 433 g/mol. The summed E-state index contributed by atoms with van der Waals surface area (Å²) in [6.45, 7) is 5.46. The first-order valence-corrected chi connectivity index (χ1v) is 10.4. The molecule has 0 aliphatic carbocycles. The number of hydrogen-bond donors (Lipinski definition) is 3. The summed E-state index contributed by atoms with van der Waals surface area (Å²) in [5.41, 5.74) is -3.12. The Bertz CT molecular complexity index is 876. The number of rotatable bonds is 7. The minimum atomic E-state index is -4.34. The van der Waals surface area contributed by atoms with Crippen LogP contribution in [0.15, 0.2) is 35.2 Å². The average molecular weight is 456 g/mol. The summed E-state index contributed by atoms with van der Waals surface area (Å²) in [7, 11) is 0. The molecule has 3 rings (SSSR count). The van der Waals surface area contributed by atoms with E-state index in [2.05, 4.69) is 30.8 Å². The van der Waals surface area contributed by atoms with Gasteiger partial charge < -0.3 is 25.6 Å². The van der Waals surface area contributed by atoms with Crippen molar-refractivity contribution in [3.8, 4) is 0 Å². The number of nitrogens with zero attached hydrogens (tertiary/aromatic N) is 3. The zero-order valence-corrected chi connectivity index (χ0v) is 17.6. The Morgan fingerprint density at radius 3 is 2.55 bits per heavy atom. The number of hydrogen-bond acceptors (Lipinski definition) is 7. The molecule has 2 aromatic rings. The molecule has 0 unspecified atom stereocenters. The van der Waals surface area contributed by atoms with Gasteiger partial charge in [-0.05, 0) is 43.0 Å². The van der Waals surface area contributed by atoms with Crippen LogP contribution in [0, 0.1) is 6.92 Å². The number of carbonyl (C=O) groups excluding carboxylic acids is 1. The number of ether oxygens (including phenoxy) is 1. The maximum atomic E-state index is 12.3. The smallest absolute Gasteiger partial charge is 0.378 e. The third-order valence-corrected chi connectivity index (χ3v) is 4.95. The molecule has 1 aromatic carbocycles. The number of halogens is 3. The van der Waals surface area contributed by atoms with Gasteiger partial charge in [0.25, 0.3) is 0 Å². The van der Waals surface area contributed by atoms with Crippen molar-refractivity contribution >= 4 is 35.2 Å². The molecule has 1 fully saturated rings. The Morgan fingerprint density at radius 2 is 1.87 bits per heavy atom. The molecular formula is C19H23F3N6O2S. The summed E-state index contributed by atoms with van der Waals surface area (Å²) in [5.74, 6) is 1.30. The first kappa shape index (κ1) is 22.9. The maximum Gasteiger partial charge on any atom is 0.446 e. The van der Waals surface area contributed by atoms with Crippen LogP contribution < -0.4 is 20.9 Å². The molecule has 8 nitrogen and oxygen atoms in total. The van der Waals surface area contributed by atoms with Gasteiger partial charge in [0.1, 0.15) is 5.82 Å². The van der Waals surface area contributed by atoms with Crippen LogP contribution in [-0.2, 0) is 4.74 Å². The molecule has 31 heavy (non-hydrogen) atoms. The Hall–Kier alpha value is -2.73. The van der Waals surface area contributed by atoms with Crippen LogP contribution in [0.3, 0.4) is 0 Å². The highest BCUT2D eigenvalue weighted by atomic mass is 32.2. The number of alkyl halides is 3. The van der Waals surface area contributed by atoms with Gasteiger partial charge in [0.15, 0.2) is 0 Å². The second kappa shape index (κ2) is 10.5. The van der Waals surface area contributed by atoms with E-state index in [-0.39, 0.29) is 16.7 Å². The highest BCUT2D eigenvalue weighted by Gasteiger charge is 2.29. The molecule has 3 N–H and O–H groups in total. The van der Waals surface area contributed by atoms with Crippen molar-refractivity contribution in [2.24, 2.45) is 0 Å². The lowest BCUT2D eigenvalue weighted by Crippen LogP contribution is -2.37. The van der Waals surface area contributed by atoms with Gasteiger partial charge in [-0.2, -0.15) is 18.2 Å². The van der Waals surface area contributed by atoms with Crippen molar-refractivity contribution in [2.45, 2.75) is 17.3 Å². The topological polar surface area (TPSA) is 91.4 Å². The number of aryl methyl sites for hydroxylation is 1. The van der Waals surface area contributed by atoms with Crippen LogP contribution in [0.4, 0.5) is 35.4 Å². The molecule has 0 spiro atoms. The molecule has 0 saturated carbocycles. The highest BCUT2D eigenvalue weighted by molar-refractivity contribution is 8.00. The van der Waals surface area contributed by atoms with Crippen LogP contribution in [0.5, 0.6) is 0 Å². The van der Waals surface area contributed by atoms with Crippen molar-refractivity contribution in [2.75, 3.05) is 54.9 Å². The molecule has 1 saturated heterocycles. The van der Waals surface area contributed by atoms with E-state index in [1.165, 1.54) is 24.3 Å². The monoisotopic (exact) mass is 456 g/mol. The lowest BCUT2D eigenvalue weighted by atomic mass is 10.3. The van der Waals surface area contributed by atoms with E-state index in [0.717, 1.165) is 24.6 Å². The molecule has 2 heterocycles. The van der Waals surface area contributed by atoms with E-state index < -0.39 is 11.5 Å². The number of nitrogens with one attached hydrogen (secondary N) is 3. The fourth-order valence-corrected chi connectivity index (χ4v) is 3.39. The molecule has 2 amide bonds. The minimum absolute atomic E-state index is 0.0530. The van der Waals surface area contributed by atoms with Crippen molar-refractivity contribution in [3.63, 3.8) is 0 Å². The number of anilines is 3. The predicted molar refractivity (Wildman–Crippen MR) is 114 cm³/mol. The van der Waals surface area contributed by atoms with E-state index in [0.29, 0.717) is 37.9 Å². The average Bonchev–Trinajstić information content (AvgIpc) is 2.72. The second-order valence-electron chi connectivity index (χ2n) is 6.67. The largest absolute Gasteiger partial charge is 0.446 e. The van der Waals surface area contributed by atoms with Crippen molar-refractivity contribution in [1.29, 1.82) is 0 Å². The van der Waals surface area contributed by atoms with Crippen LogP contribution in [0.2, 0.25) is 0 Å². The molecule has 1 aliphatic rings. The van der Waals surface area contributed by atoms with E-state index in [4.69, 9.17) is 4.74 Å². The maximum absolute atomic E-state index is 12.3. The van der Waals surface area contributed by atoms with Crippen molar-refractivity contribution < 1.29 is 22.7 Å². The quantitative estimate of drug-likeness (QED) is 0.434. The highest BCUT2D eigenvalue weighted by Crippen LogP contribution is 2.37. The Kier molecular flexibility index (Phi) is 7.80. The van der Waals surface area contributed by atoms with Gasteiger partial charge in [-0.3, -0.25) is 0 Å². The number of morpholine rings is 1. The predicted octanol–water partition coefficient (Wildman–Crippen LogP) is 3.47. The summed E-state index contributed by atoms with van der Waals surface area (Å²) >= 11 is -0.204. The summed E-state index contributed by atoms with van der Waals surface area (Å²) in [5, 5.41) is 8.32. The molecule has 1 aromatic heterocycles. The Balaban J connectivity index is 1.42. The molecule has 168 valence electrons. The number of aromatic nitrogens is 2. The molecule has 1 aliphatic heterocycles. The number of thioether (sulfide) groups is 1. The summed E-state index contributed by atoms with van der Waals surface area (Å²) < 4.78 is 42.4. The third-order valence-electron chi connectivity index (χ3n) is 4.22. The van der Waals surface area contributed by atoms with Gasteiger partial charge in [0.05, 0.1) is 13.2 Å². The molecule has 0 radical (unpaired) electrons. The van der Waals surface area contributed by atoms with Crippen molar-refractivity contribution in [3.05, 3.63) is 36.0 Å². The Labute approximate surface area is 182 Å². The van der Waals surface area contributed by atoms with E-state index in [9.17, 15) is 18.0 Å². The van der Waals surface area contributed by atoms with Gasteiger partial charge in [0, 0.05) is 48.5 Å². The summed E-state index contributed by atoms with van der Waals surface area (Å²) in [4.78, 5) is 23.0. The number of carbonyl (C=O) groups is 1. The lowest BCUT2D eigenvalue weighted by molar-refractivity contribution is -0.0328. The fraction of sp³-hybridized carbons (Fsp3) is 0.421. The van der Waals surface area contributed by atoms with Crippen LogP contribution >= 0.6 is 11.8 Å². The van der Waals surface area contributed by atoms with E-state index in [1.807, 2.05) is 13.0 Å². The van der Waals surface area contributed by atoms with Gasteiger partial charge >= 0.3 is 11.5 Å². The zero-order valence-electron chi connectivity index (χ0n) is 16.8. The van der Waals surface area contributed by atoms with Gasteiger partial charge in [0.2, 0.25) is 5.95 Å². The third kappa shape index (κ3) is 7.79. The normalized spacial score (nSPS) is 14.3. The van der Waals surface area contributed by atoms with Gasteiger partial charge in [-0.1, -0.05) is 0 Å². The van der Waals surface area contributed by atoms with Gasteiger partial charge in [-0.25, -0.2) is 9.78 Å². The van der Waals surface area contributed by atoms with Crippen LogP contribution in [-0.4, -0.2) is 60.9 Å². The lowest BCUT2D eigenvalue weighted by Gasteiger charge is -2.28. The number of benzene rings is 1. The number of amides is 2. The van der Waals surface area contributed by atoms with Crippen LogP contribution in [0.1, 0.15) is 5.69 Å². The standard InChI is InChI=1S/C19H23F3N6O2S/c1-13-12-16(28-8-10-30-11-9-28)27-17(25-13)23-6-7-24-18(29)26-14-2-4-15(5-3-14)31-19(20,21)22/h2-5,12H,6-11H2,1H3,(H,23,25,27)(H2,24,26,29). The minimum Gasteiger partial charge on any atom is -0.378 e. The molecule has 0 bridgehead atoms.